The fourth-order valence-corrected chi connectivity index (χ4v) is 5.38. The van der Waals surface area contributed by atoms with Crippen molar-refractivity contribution in [3.8, 4) is 5.75 Å². The van der Waals surface area contributed by atoms with Gasteiger partial charge in [0.2, 0.25) is 52.6 Å². The van der Waals surface area contributed by atoms with E-state index in [1.807, 2.05) is 0 Å². The molecule has 0 aromatic heterocycles. The standard InChI is InChI=1S/C36H48F5N3O14/c1-19(45)44-32-35(56-22(4)48)33(55-21(3)47)23(18-54-20(2)46)57-36(32)53-15-8-6-5-7-13-42-25(50)12-16-52-17-14-43-24(49)10-9-11-26(51)58-34-30(40)28(38)27(37)29(39)31(34)41/h23,32-33,35-36H,5-18H2,1-4H3,(H,42,50)(H,43,49)(H,44,45). The van der Waals surface area contributed by atoms with Crippen molar-refractivity contribution in [1.29, 1.82) is 0 Å². The van der Waals surface area contributed by atoms with Crippen molar-refractivity contribution in [2.45, 2.75) is 110 Å². The van der Waals surface area contributed by atoms with Crippen molar-refractivity contribution >= 4 is 41.6 Å². The highest BCUT2D eigenvalue weighted by Gasteiger charge is 2.51. The Morgan fingerprint density at radius 3 is 1.83 bits per heavy atom. The predicted molar refractivity (Wildman–Crippen MR) is 186 cm³/mol. The van der Waals surface area contributed by atoms with Crippen LogP contribution in [0.3, 0.4) is 0 Å². The highest BCUT2D eigenvalue weighted by atomic mass is 19.2. The molecule has 2 rings (SSSR count). The number of rotatable bonds is 24. The van der Waals surface area contributed by atoms with Crippen LogP contribution in [0, 0.1) is 29.1 Å². The van der Waals surface area contributed by atoms with Gasteiger partial charge in [0, 0.05) is 66.7 Å². The first kappa shape index (κ1) is 49.2. The van der Waals surface area contributed by atoms with E-state index in [-0.39, 0.29) is 58.1 Å². The lowest BCUT2D eigenvalue weighted by Gasteiger charge is -2.44. The van der Waals surface area contributed by atoms with Gasteiger partial charge in [-0.3, -0.25) is 33.6 Å². The van der Waals surface area contributed by atoms with Crippen LogP contribution in [0.2, 0.25) is 0 Å². The molecule has 1 heterocycles. The minimum Gasteiger partial charge on any atom is -0.463 e. The molecule has 58 heavy (non-hydrogen) atoms. The summed E-state index contributed by atoms with van der Waals surface area (Å²) in [5.41, 5.74) is 0. The lowest BCUT2D eigenvalue weighted by molar-refractivity contribution is -0.277. The van der Waals surface area contributed by atoms with Crippen molar-refractivity contribution < 1.29 is 88.7 Å². The molecule has 1 saturated heterocycles. The molecule has 0 aliphatic carbocycles. The topological polar surface area (TPSA) is 220 Å². The molecule has 1 aromatic rings. The number of ether oxygens (including phenoxy) is 7. The van der Waals surface area contributed by atoms with Crippen molar-refractivity contribution in [3.63, 3.8) is 0 Å². The molecule has 1 aromatic carbocycles. The van der Waals surface area contributed by atoms with Crippen LogP contribution in [0.4, 0.5) is 22.0 Å². The lowest BCUT2D eigenvalue weighted by Crippen LogP contribution is -2.66. The summed E-state index contributed by atoms with van der Waals surface area (Å²) < 4.78 is 104. The molecule has 1 aliphatic rings. The van der Waals surface area contributed by atoms with Crippen LogP contribution < -0.4 is 20.7 Å². The monoisotopic (exact) mass is 841 g/mol. The van der Waals surface area contributed by atoms with Gasteiger partial charge in [0.15, 0.2) is 18.5 Å². The summed E-state index contributed by atoms with van der Waals surface area (Å²) in [4.78, 5) is 83.2. The Labute approximate surface area is 330 Å². The van der Waals surface area contributed by atoms with E-state index in [1.54, 1.807) is 0 Å². The Balaban J connectivity index is 1.61. The quantitative estimate of drug-likeness (QED) is 0.0259. The summed E-state index contributed by atoms with van der Waals surface area (Å²) in [5, 5.41) is 7.87. The van der Waals surface area contributed by atoms with E-state index in [0.29, 0.717) is 32.2 Å². The number of esters is 4. The number of hydrogen-bond donors (Lipinski definition) is 3. The van der Waals surface area contributed by atoms with E-state index in [4.69, 9.17) is 28.4 Å². The van der Waals surface area contributed by atoms with Crippen LogP contribution in [0.15, 0.2) is 0 Å². The number of nitrogens with one attached hydrogen (secondary N) is 3. The van der Waals surface area contributed by atoms with E-state index in [1.165, 1.54) is 13.8 Å². The van der Waals surface area contributed by atoms with Gasteiger partial charge in [0.05, 0.1) is 13.2 Å². The minimum absolute atomic E-state index is 0.0505. The number of benzene rings is 1. The Kier molecular flexibility index (Phi) is 21.6. The molecule has 0 radical (unpaired) electrons. The summed E-state index contributed by atoms with van der Waals surface area (Å²) in [7, 11) is 0. The molecule has 17 nitrogen and oxygen atoms in total. The maximum absolute atomic E-state index is 13.6. The van der Waals surface area contributed by atoms with Crippen LogP contribution in [-0.4, -0.2) is 112 Å². The molecule has 326 valence electrons. The zero-order valence-electron chi connectivity index (χ0n) is 32.4. The molecule has 5 unspecified atom stereocenters. The number of carbonyl (C=O) groups is 7. The molecule has 22 heteroatoms. The molecule has 0 saturated carbocycles. The van der Waals surface area contributed by atoms with Crippen molar-refractivity contribution in [2.24, 2.45) is 0 Å². The predicted octanol–water partition coefficient (Wildman–Crippen LogP) is 2.33. The van der Waals surface area contributed by atoms with Gasteiger partial charge in [-0.2, -0.15) is 8.78 Å². The third kappa shape index (κ3) is 17.3. The van der Waals surface area contributed by atoms with Crippen LogP contribution >= 0.6 is 0 Å². The van der Waals surface area contributed by atoms with E-state index >= 15 is 0 Å². The fourth-order valence-electron chi connectivity index (χ4n) is 5.38. The zero-order chi connectivity index (χ0) is 43.4. The zero-order valence-corrected chi connectivity index (χ0v) is 32.4. The second kappa shape index (κ2) is 25.4. The second-order valence-electron chi connectivity index (χ2n) is 12.8. The first-order chi connectivity index (χ1) is 27.4. The van der Waals surface area contributed by atoms with Gasteiger partial charge in [-0.05, 0) is 19.3 Å². The van der Waals surface area contributed by atoms with E-state index < -0.39 is 108 Å². The minimum atomic E-state index is -2.40. The highest BCUT2D eigenvalue weighted by molar-refractivity contribution is 5.78. The van der Waals surface area contributed by atoms with Crippen molar-refractivity contribution in [1.82, 2.24) is 16.0 Å². The second-order valence-corrected chi connectivity index (χ2v) is 12.8. The number of carbonyl (C=O) groups excluding carboxylic acids is 7. The summed E-state index contributed by atoms with van der Waals surface area (Å²) in [6.45, 7) is 5.07. The van der Waals surface area contributed by atoms with Gasteiger partial charge >= 0.3 is 23.9 Å². The van der Waals surface area contributed by atoms with Crippen LogP contribution in [-0.2, 0) is 62.0 Å². The molecule has 3 N–H and O–H groups in total. The number of unbranched alkanes of at least 4 members (excludes halogenated alkanes) is 3. The Bertz CT molecular complexity index is 1570. The van der Waals surface area contributed by atoms with Gasteiger partial charge in [-0.1, -0.05) is 12.8 Å². The Morgan fingerprint density at radius 1 is 0.621 bits per heavy atom. The Morgan fingerprint density at radius 2 is 1.21 bits per heavy atom. The molecular formula is C36H48F5N3O14. The van der Waals surface area contributed by atoms with Crippen molar-refractivity contribution in [3.05, 3.63) is 29.1 Å². The van der Waals surface area contributed by atoms with Crippen LogP contribution in [0.25, 0.3) is 0 Å². The Hall–Kier alpha value is -4.96. The summed E-state index contributed by atoms with van der Waals surface area (Å²) >= 11 is 0. The van der Waals surface area contributed by atoms with Gasteiger partial charge < -0.3 is 49.1 Å². The van der Waals surface area contributed by atoms with E-state index in [0.717, 1.165) is 13.8 Å². The molecular weight excluding hydrogens is 793 g/mol. The number of halogens is 5. The maximum Gasteiger partial charge on any atom is 0.311 e. The molecule has 1 fully saturated rings. The van der Waals surface area contributed by atoms with Gasteiger partial charge in [-0.25, -0.2) is 13.2 Å². The van der Waals surface area contributed by atoms with Crippen LogP contribution in [0.5, 0.6) is 5.75 Å². The molecule has 0 bridgehead atoms. The number of amides is 3. The summed E-state index contributed by atoms with van der Waals surface area (Å²) in [5.74, 6) is -17.9. The van der Waals surface area contributed by atoms with Crippen molar-refractivity contribution in [2.75, 3.05) is 39.5 Å². The largest absolute Gasteiger partial charge is 0.463 e. The normalized spacial score (nSPS) is 18.7. The molecule has 0 spiro atoms. The third-order valence-electron chi connectivity index (χ3n) is 7.96. The SMILES string of the molecule is CC(=O)NC1C(OCCCCCCNC(=O)CCOCCNC(=O)CCCC(=O)Oc2c(F)c(F)c(F)c(F)c2F)OC(COC(C)=O)C(OC(C)=O)C1OC(C)=O. The molecule has 3 amide bonds. The fraction of sp³-hybridized carbons (Fsp3) is 0.639. The summed E-state index contributed by atoms with van der Waals surface area (Å²) in [6, 6.07) is -1.07. The number of hydrogen-bond acceptors (Lipinski definition) is 14. The van der Waals surface area contributed by atoms with Gasteiger partial charge in [0.1, 0.15) is 18.8 Å². The maximum atomic E-state index is 13.6. The highest BCUT2D eigenvalue weighted by Crippen LogP contribution is 2.30. The van der Waals surface area contributed by atoms with E-state index in [2.05, 4.69) is 20.7 Å². The van der Waals surface area contributed by atoms with Gasteiger partial charge in [-0.15, -0.1) is 0 Å². The third-order valence-corrected chi connectivity index (χ3v) is 7.96. The summed E-state index contributed by atoms with van der Waals surface area (Å²) in [6.07, 6.45) is -2.97. The molecule has 5 atom stereocenters. The lowest BCUT2D eigenvalue weighted by atomic mass is 9.96. The van der Waals surface area contributed by atoms with Gasteiger partial charge in [0.25, 0.3) is 0 Å². The average Bonchev–Trinajstić information content (AvgIpc) is 3.14. The average molecular weight is 842 g/mol. The van der Waals surface area contributed by atoms with E-state index in [9.17, 15) is 55.5 Å². The van der Waals surface area contributed by atoms with Crippen LogP contribution in [0.1, 0.15) is 79.1 Å². The first-order valence-electron chi connectivity index (χ1n) is 18.3. The smallest absolute Gasteiger partial charge is 0.311 e. The molecule has 1 aliphatic heterocycles. The first-order valence-corrected chi connectivity index (χ1v) is 18.3.